The number of benzene rings is 2. The van der Waals surface area contributed by atoms with E-state index in [9.17, 15) is 18.8 Å². The van der Waals surface area contributed by atoms with Gasteiger partial charge in [0.25, 0.3) is 5.91 Å². The van der Waals surface area contributed by atoms with Crippen molar-refractivity contribution in [2.75, 3.05) is 24.0 Å². The van der Waals surface area contributed by atoms with Crippen LogP contribution in [0.4, 0.5) is 15.8 Å². The Hall–Kier alpha value is -3.62. The van der Waals surface area contributed by atoms with Crippen LogP contribution in [0.2, 0.25) is 0 Å². The van der Waals surface area contributed by atoms with Crippen molar-refractivity contribution >= 4 is 29.2 Å². The molecule has 0 spiro atoms. The highest BCUT2D eigenvalue weighted by Crippen LogP contribution is 2.35. The van der Waals surface area contributed by atoms with Crippen LogP contribution in [-0.2, 0) is 19.1 Å². The number of anilines is 2. The number of carbonyl (C=O) groups is 3. The summed E-state index contributed by atoms with van der Waals surface area (Å²) in [5, 5.41) is 5.10. The highest BCUT2D eigenvalue weighted by Gasteiger charge is 2.32. The Morgan fingerprint density at radius 3 is 2.86 bits per heavy atom. The summed E-state index contributed by atoms with van der Waals surface area (Å²) in [6.07, 6.45) is -0.138. The number of nitrogens with one attached hydrogen (secondary N) is 2. The Morgan fingerprint density at radius 2 is 2.00 bits per heavy atom. The molecule has 4 rings (SSSR count). The van der Waals surface area contributed by atoms with Crippen molar-refractivity contribution in [3.05, 3.63) is 47.8 Å². The topological polar surface area (TPSA) is 103 Å². The summed E-state index contributed by atoms with van der Waals surface area (Å²) < 4.78 is 28.8. The minimum Gasteiger partial charge on any atom is -0.455 e. The molecule has 2 aromatic rings. The number of ether oxygens (including phenoxy) is 3. The maximum Gasteiger partial charge on any atom is 0.314 e. The lowest BCUT2D eigenvalue weighted by Crippen LogP contribution is -2.30. The average Bonchev–Trinajstić information content (AvgIpc) is 3.13. The molecule has 0 aliphatic carbocycles. The second kappa shape index (κ2) is 7.18. The molecule has 2 aliphatic heterocycles. The summed E-state index contributed by atoms with van der Waals surface area (Å²) in [6, 6.07) is 8.63. The van der Waals surface area contributed by atoms with Crippen molar-refractivity contribution in [3.8, 4) is 11.5 Å². The van der Waals surface area contributed by atoms with Crippen molar-refractivity contribution in [1.82, 2.24) is 0 Å². The SMILES string of the molecule is O=C(COC(=O)C1CC(=O)Nc2cc(F)ccc21)Nc1ccc2c(c1)OCO2. The van der Waals surface area contributed by atoms with Gasteiger partial charge in [0.2, 0.25) is 12.7 Å². The summed E-state index contributed by atoms with van der Waals surface area (Å²) in [5.41, 5.74) is 1.13. The predicted octanol–water partition coefficient (Wildman–Crippen LogP) is 2.16. The molecule has 0 saturated carbocycles. The van der Waals surface area contributed by atoms with Gasteiger partial charge >= 0.3 is 5.97 Å². The number of rotatable bonds is 4. The Morgan fingerprint density at radius 1 is 1.18 bits per heavy atom. The van der Waals surface area contributed by atoms with Gasteiger partial charge in [-0.3, -0.25) is 14.4 Å². The van der Waals surface area contributed by atoms with Crippen LogP contribution >= 0.6 is 0 Å². The van der Waals surface area contributed by atoms with Gasteiger partial charge in [-0.25, -0.2) is 4.39 Å². The van der Waals surface area contributed by atoms with E-state index in [0.717, 1.165) is 6.07 Å². The molecule has 9 heteroatoms. The third kappa shape index (κ3) is 3.59. The molecule has 28 heavy (non-hydrogen) atoms. The van der Waals surface area contributed by atoms with Crippen molar-refractivity contribution < 1.29 is 33.0 Å². The number of fused-ring (bicyclic) bond motifs is 2. The lowest BCUT2D eigenvalue weighted by molar-refractivity contribution is -0.149. The fourth-order valence-corrected chi connectivity index (χ4v) is 3.06. The number of hydrogen-bond donors (Lipinski definition) is 2. The van der Waals surface area contributed by atoms with Crippen LogP contribution in [-0.4, -0.2) is 31.2 Å². The van der Waals surface area contributed by atoms with E-state index in [2.05, 4.69) is 10.6 Å². The van der Waals surface area contributed by atoms with Crippen molar-refractivity contribution in [2.45, 2.75) is 12.3 Å². The van der Waals surface area contributed by atoms with Crippen molar-refractivity contribution in [2.24, 2.45) is 0 Å². The van der Waals surface area contributed by atoms with Crippen LogP contribution in [0.5, 0.6) is 11.5 Å². The first-order valence-electron chi connectivity index (χ1n) is 8.45. The highest BCUT2D eigenvalue weighted by molar-refractivity contribution is 6.00. The summed E-state index contributed by atoms with van der Waals surface area (Å²) in [7, 11) is 0. The molecule has 0 fully saturated rings. The van der Waals surface area contributed by atoms with Gasteiger partial charge in [0.1, 0.15) is 5.82 Å². The lowest BCUT2D eigenvalue weighted by Gasteiger charge is -2.24. The van der Waals surface area contributed by atoms with E-state index < -0.39 is 36.1 Å². The third-order valence-corrected chi connectivity index (χ3v) is 4.34. The molecule has 0 aromatic heterocycles. The summed E-state index contributed by atoms with van der Waals surface area (Å²) in [6.45, 7) is -0.410. The molecule has 144 valence electrons. The molecule has 2 N–H and O–H groups in total. The first-order valence-corrected chi connectivity index (χ1v) is 8.45. The second-order valence-electron chi connectivity index (χ2n) is 6.26. The van der Waals surface area contributed by atoms with Gasteiger partial charge in [-0.15, -0.1) is 0 Å². The normalized spacial score (nSPS) is 16.8. The van der Waals surface area contributed by atoms with Gasteiger partial charge in [0.15, 0.2) is 18.1 Å². The average molecular weight is 386 g/mol. The molecule has 2 amide bonds. The van der Waals surface area contributed by atoms with E-state index in [1.807, 2.05) is 0 Å². The van der Waals surface area contributed by atoms with E-state index in [1.165, 1.54) is 12.1 Å². The molecule has 0 radical (unpaired) electrons. The van der Waals surface area contributed by atoms with E-state index in [1.54, 1.807) is 18.2 Å². The maximum absolute atomic E-state index is 13.4. The molecule has 2 aromatic carbocycles. The van der Waals surface area contributed by atoms with E-state index >= 15 is 0 Å². The van der Waals surface area contributed by atoms with Gasteiger partial charge in [0.05, 0.1) is 5.92 Å². The van der Waals surface area contributed by atoms with Gasteiger partial charge < -0.3 is 24.8 Å². The van der Waals surface area contributed by atoms with Gasteiger partial charge in [0, 0.05) is 23.9 Å². The zero-order chi connectivity index (χ0) is 19.7. The first-order chi connectivity index (χ1) is 13.5. The number of esters is 1. The van der Waals surface area contributed by atoms with Crippen LogP contribution in [0, 0.1) is 5.82 Å². The number of carbonyl (C=O) groups excluding carboxylic acids is 3. The third-order valence-electron chi connectivity index (χ3n) is 4.34. The molecule has 2 heterocycles. The van der Waals surface area contributed by atoms with Crippen LogP contribution < -0.4 is 20.1 Å². The van der Waals surface area contributed by atoms with Gasteiger partial charge in [-0.1, -0.05) is 6.07 Å². The largest absolute Gasteiger partial charge is 0.455 e. The Balaban J connectivity index is 1.38. The van der Waals surface area contributed by atoms with E-state index in [0.29, 0.717) is 22.7 Å². The van der Waals surface area contributed by atoms with Crippen LogP contribution in [0.1, 0.15) is 17.9 Å². The molecule has 1 unspecified atom stereocenters. The fourth-order valence-electron chi connectivity index (χ4n) is 3.06. The first kappa shape index (κ1) is 17.8. The molecule has 1 atom stereocenters. The van der Waals surface area contributed by atoms with Crippen molar-refractivity contribution in [3.63, 3.8) is 0 Å². The maximum atomic E-state index is 13.4. The highest BCUT2D eigenvalue weighted by atomic mass is 19.1. The summed E-state index contributed by atoms with van der Waals surface area (Å²) in [5.74, 6) is -2.05. The molecular weight excluding hydrogens is 371 g/mol. The zero-order valence-corrected chi connectivity index (χ0v) is 14.5. The molecular formula is C19H15FN2O6. The number of hydrogen-bond acceptors (Lipinski definition) is 6. The smallest absolute Gasteiger partial charge is 0.314 e. The zero-order valence-electron chi connectivity index (χ0n) is 14.5. The number of amides is 2. The Bertz CT molecular complexity index is 977. The number of halogens is 1. The van der Waals surface area contributed by atoms with Crippen LogP contribution in [0.3, 0.4) is 0 Å². The monoisotopic (exact) mass is 386 g/mol. The van der Waals surface area contributed by atoms with Gasteiger partial charge in [-0.2, -0.15) is 0 Å². The van der Waals surface area contributed by atoms with Crippen LogP contribution in [0.25, 0.3) is 0 Å². The molecule has 0 saturated heterocycles. The standard InChI is InChI=1S/C19H15FN2O6/c20-10-1-3-12-13(7-17(23)22-14(12)5-10)19(25)26-8-18(24)21-11-2-4-15-16(6-11)28-9-27-15/h1-6,13H,7-9H2,(H,21,24)(H,22,23). The molecule has 0 bridgehead atoms. The van der Waals surface area contributed by atoms with E-state index in [-0.39, 0.29) is 18.9 Å². The summed E-state index contributed by atoms with van der Waals surface area (Å²) in [4.78, 5) is 36.2. The van der Waals surface area contributed by atoms with Gasteiger partial charge in [-0.05, 0) is 29.8 Å². The lowest BCUT2D eigenvalue weighted by atomic mass is 9.90. The molecule has 2 aliphatic rings. The van der Waals surface area contributed by atoms with Crippen molar-refractivity contribution in [1.29, 1.82) is 0 Å². The predicted molar refractivity (Wildman–Crippen MR) is 94.5 cm³/mol. The Kier molecular flexibility index (Phi) is 4.56. The fraction of sp³-hybridized carbons (Fsp3) is 0.211. The molecule has 8 nitrogen and oxygen atoms in total. The van der Waals surface area contributed by atoms with Crippen LogP contribution in [0.15, 0.2) is 36.4 Å². The quantitative estimate of drug-likeness (QED) is 0.781. The minimum absolute atomic E-state index is 0.116. The minimum atomic E-state index is -0.900. The summed E-state index contributed by atoms with van der Waals surface area (Å²) >= 11 is 0. The van der Waals surface area contributed by atoms with E-state index in [4.69, 9.17) is 14.2 Å². The Labute approximate surface area is 158 Å². The second-order valence-corrected chi connectivity index (χ2v) is 6.26.